The van der Waals surface area contributed by atoms with Crippen LogP contribution in [-0.4, -0.2) is 5.27 Å². The van der Waals surface area contributed by atoms with Crippen LogP contribution in [0.3, 0.4) is 0 Å². The van der Waals surface area contributed by atoms with Crippen LogP contribution in [0.1, 0.15) is 0 Å². The van der Waals surface area contributed by atoms with Gasteiger partial charge in [0.25, 0.3) is 0 Å². The molecule has 231 valence electrons. The van der Waals surface area contributed by atoms with Crippen molar-refractivity contribution in [3.05, 3.63) is 182 Å². The van der Waals surface area contributed by atoms with Crippen molar-refractivity contribution in [3.8, 4) is 0 Å². The summed E-state index contributed by atoms with van der Waals surface area (Å²) in [6.07, 6.45) is 0. The molecular weight excluding hydrogens is 835 g/mol. The molecule has 0 saturated heterocycles. The standard InChI is InChI=1S/C37H30OP2.3ClH.2Rh/c38-37(39(31-19-7-1-8-20-31,32-21-9-2-10-22-32)33-23-11-3-12-24-33)40(34-25-13-4-14-26-34,35-27-15-5-16-28-35)36-29-17-6-18-30-36;;;;;/h1-30H;3*1H;;/q+2;;;;;+3/p-3. The molecule has 8 heteroatoms. The van der Waals surface area contributed by atoms with Gasteiger partial charge in [-0.25, -0.2) is 4.79 Å². The summed E-state index contributed by atoms with van der Waals surface area (Å²) in [5.41, 5.74) is 0. The summed E-state index contributed by atoms with van der Waals surface area (Å²) in [6.45, 7) is 0. The van der Waals surface area contributed by atoms with Crippen LogP contribution < -0.4 is 31.8 Å². The third kappa shape index (κ3) is 7.59. The minimum Gasteiger partial charge on any atom is 0 e. The van der Waals surface area contributed by atoms with Gasteiger partial charge in [0.05, 0.1) is 0 Å². The maximum atomic E-state index is 16.4. The van der Waals surface area contributed by atoms with Gasteiger partial charge in [-0.15, -0.1) is 0 Å². The molecule has 0 fully saturated rings. The minimum absolute atomic E-state index is 0. The Hall–Kier alpha value is -2.03. The molecule has 1 nitrogen and oxygen atoms in total. The molecule has 0 aliphatic heterocycles. The fourth-order valence-corrected chi connectivity index (χ4v) is 16.4. The van der Waals surface area contributed by atoms with Crippen LogP contribution in [0.5, 0.6) is 0 Å². The van der Waals surface area contributed by atoms with E-state index in [0.29, 0.717) is 5.27 Å². The van der Waals surface area contributed by atoms with E-state index >= 15 is 4.79 Å². The van der Waals surface area contributed by atoms with E-state index in [4.69, 9.17) is 29.1 Å². The quantitative estimate of drug-likeness (QED) is 0.110. The second-order valence-electron chi connectivity index (χ2n) is 9.78. The average Bonchev–Trinajstić information content (AvgIpc) is 3.08. The molecule has 0 saturated carbocycles. The summed E-state index contributed by atoms with van der Waals surface area (Å²) < 4.78 is 0. The zero-order valence-corrected chi connectivity index (χ0v) is 31.3. The Morgan fingerprint density at radius 2 is 0.489 bits per heavy atom. The van der Waals surface area contributed by atoms with Crippen LogP contribution in [0.15, 0.2) is 182 Å². The first-order chi connectivity index (χ1) is 21.5. The van der Waals surface area contributed by atoms with Crippen molar-refractivity contribution in [1.82, 2.24) is 0 Å². The second-order valence-corrected chi connectivity index (χ2v) is 24.2. The van der Waals surface area contributed by atoms with E-state index in [2.05, 4.69) is 146 Å². The minimum atomic E-state index is -2.85. The summed E-state index contributed by atoms with van der Waals surface area (Å²) in [6, 6.07) is 62.9. The predicted molar refractivity (Wildman–Crippen MR) is 193 cm³/mol. The zero-order valence-electron chi connectivity index (χ0n) is 23.9. The van der Waals surface area contributed by atoms with E-state index in [1.165, 1.54) is 0 Å². The van der Waals surface area contributed by atoms with Gasteiger partial charge in [0.1, 0.15) is 31.8 Å². The molecule has 0 N–H and O–H groups in total. The summed E-state index contributed by atoms with van der Waals surface area (Å²) in [7, 11) is 9.10. The first-order valence-corrected chi connectivity index (χ1v) is 23.7. The van der Waals surface area contributed by atoms with Gasteiger partial charge in [0, 0.05) is 19.5 Å². The van der Waals surface area contributed by atoms with Gasteiger partial charge in [0.15, 0.2) is 0 Å². The zero-order chi connectivity index (χ0) is 30.8. The molecule has 0 bridgehead atoms. The van der Waals surface area contributed by atoms with E-state index in [-0.39, 0.29) is 19.5 Å². The maximum Gasteiger partial charge on any atom is 0 e. The summed E-state index contributed by atoms with van der Waals surface area (Å²) in [5.74, 6) is 0. The van der Waals surface area contributed by atoms with Crippen molar-refractivity contribution < 1.29 is 37.3 Å². The molecule has 0 atom stereocenters. The summed E-state index contributed by atoms with van der Waals surface area (Å²) >= 11 is -1.66. The van der Waals surface area contributed by atoms with Crippen molar-refractivity contribution in [3.63, 3.8) is 0 Å². The van der Waals surface area contributed by atoms with Crippen molar-refractivity contribution in [1.29, 1.82) is 0 Å². The molecule has 6 aromatic carbocycles. The van der Waals surface area contributed by atoms with Crippen LogP contribution in [0.2, 0.25) is 0 Å². The molecule has 6 rings (SSSR count). The van der Waals surface area contributed by atoms with Crippen LogP contribution in [0.25, 0.3) is 0 Å². The van der Waals surface area contributed by atoms with Crippen molar-refractivity contribution in [2.45, 2.75) is 0 Å². The van der Waals surface area contributed by atoms with Crippen molar-refractivity contribution >= 4 is 80.7 Å². The smallest absolute Gasteiger partial charge is 0 e. The molecule has 0 amide bonds. The average molecular weight is 865 g/mol. The first kappa shape index (κ1) is 35.8. The number of halogens is 3. The van der Waals surface area contributed by atoms with Crippen molar-refractivity contribution in [2.75, 3.05) is 0 Å². The molecule has 0 aliphatic carbocycles. The number of rotatable bonds is 8. The largest absolute Gasteiger partial charge is 0 e. The maximum absolute atomic E-state index is 16.4. The fraction of sp³-hybridized carbons (Fsp3) is 0. The normalized spacial score (nSPS) is 11.3. The van der Waals surface area contributed by atoms with Gasteiger partial charge >= 0.3 is 47.3 Å². The van der Waals surface area contributed by atoms with E-state index in [1.807, 2.05) is 36.4 Å². The van der Waals surface area contributed by atoms with Crippen LogP contribution in [0.4, 0.5) is 4.79 Å². The van der Waals surface area contributed by atoms with Gasteiger partial charge in [0.2, 0.25) is 14.5 Å². The fourth-order valence-electron chi connectivity index (χ4n) is 5.69. The Morgan fingerprint density at radius 3 is 0.622 bits per heavy atom. The Bertz CT molecular complexity index is 1420. The number of carbonyl (C=O) groups excluding carboxylic acids is 1. The third-order valence-electron chi connectivity index (χ3n) is 7.43. The molecular formula is C37H30Cl3OP2Rh2+2. The van der Waals surface area contributed by atoms with Crippen LogP contribution >= 0.6 is 43.6 Å². The summed E-state index contributed by atoms with van der Waals surface area (Å²) in [5, 5.41) is 6.74. The second kappa shape index (κ2) is 17.2. The SMILES string of the molecule is O=C([P+](c1ccccc1)(c1ccccc1)c1ccccc1)[P+](c1ccccc1)(c1ccccc1)c1ccccc1.[Cl][Rh]([Cl])[Cl].[Rh]. The molecule has 0 aliphatic rings. The molecule has 0 aromatic heterocycles. The number of hydrogen-bond acceptors (Lipinski definition) is 1. The predicted octanol–water partition coefficient (Wildman–Crippen LogP) is 9.16. The van der Waals surface area contributed by atoms with Gasteiger partial charge < -0.3 is 0 Å². The number of benzene rings is 6. The van der Waals surface area contributed by atoms with Crippen LogP contribution in [0, 0.1) is 0 Å². The molecule has 0 spiro atoms. The third-order valence-corrected chi connectivity index (χ3v) is 16.8. The molecule has 6 aromatic rings. The molecule has 1 radical (unpaired) electrons. The molecule has 45 heavy (non-hydrogen) atoms. The van der Waals surface area contributed by atoms with E-state index in [9.17, 15) is 0 Å². The first-order valence-electron chi connectivity index (χ1n) is 13.8. The van der Waals surface area contributed by atoms with Gasteiger partial charge in [-0.1, -0.05) is 109 Å². The van der Waals surface area contributed by atoms with Gasteiger partial charge in [-0.2, -0.15) is 0 Å². The monoisotopic (exact) mass is 863 g/mol. The van der Waals surface area contributed by atoms with Crippen LogP contribution in [-0.2, 0) is 32.5 Å². The Labute approximate surface area is 297 Å². The topological polar surface area (TPSA) is 17.1 Å². The Balaban J connectivity index is 0.000000871. The molecule has 0 unspecified atom stereocenters. The van der Waals surface area contributed by atoms with E-state index in [1.54, 1.807) is 0 Å². The molecule has 0 heterocycles. The van der Waals surface area contributed by atoms with E-state index < -0.39 is 27.5 Å². The van der Waals surface area contributed by atoms with Gasteiger partial charge in [-0.3, -0.25) is 0 Å². The number of hydrogen-bond donors (Lipinski definition) is 0. The van der Waals surface area contributed by atoms with Gasteiger partial charge in [-0.05, 0) is 72.8 Å². The number of carbonyl (C=O) groups is 1. The Morgan fingerprint density at radius 1 is 0.356 bits per heavy atom. The van der Waals surface area contributed by atoms with E-state index in [0.717, 1.165) is 31.8 Å². The Kier molecular flexibility index (Phi) is 13.7. The van der Waals surface area contributed by atoms with Crippen molar-refractivity contribution in [2.24, 2.45) is 0 Å². The summed E-state index contributed by atoms with van der Waals surface area (Å²) in [4.78, 5) is 16.4.